The van der Waals surface area contributed by atoms with E-state index in [4.69, 9.17) is 16.3 Å². The minimum absolute atomic E-state index is 0.0725. The number of hydrogen-bond acceptors (Lipinski definition) is 4. The zero-order valence-electron chi connectivity index (χ0n) is 11.7. The Morgan fingerprint density at radius 3 is 2.68 bits per heavy atom. The van der Waals surface area contributed by atoms with E-state index >= 15 is 0 Å². The molecule has 0 aromatic heterocycles. The average molecular weight is 321 g/mol. The molecule has 0 spiro atoms. The van der Waals surface area contributed by atoms with Crippen LogP contribution >= 0.6 is 11.6 Å². The Balaban J connectivity index is 2.16. The number of rotatable bonds is 5. The van der Waals surface area contributed by atoms with Crippen LogP contribution in [-0.2, 0) is 11.2 Å². The van der Waals surface area contributed by atoms with E-state index < -0.39 is 4.92 Å². The summed E-state index contributed by atoms with van der Waals surface area (Å²) in [6.45, 7) is 0. The zero-order chi connectivity index (χ0) is 16.1. The molecule has 0 radical (unpaired) electrons. The highest BCUT2D eigenvalue weighted by molar-refractivity contribution is 6.35. The van der Waals surface area contributed by atoms with E-state index in [-0.39, 0.29) is 28.7 Å². The van der Waals surface area contributed by atoms with Crippen molar-refractivity contribution in [2.45, 2.75) is 6.42 Å². The van der Waals surface area contributed by atoms with Crippen LogP contribution in [0.5, 0.6) is 5.75 Å². The average Bonchev–Trinajstić information content (AvgIpc) is 2.49. The molecule has 0 aliphatic carbocycles. The number of carbonyl (C=O) groups excluding carboxylic acids is 1. The smallest absolute Gasteiger partial charge is 0.290 e. The van der Waals surface area contributed by atoms with E-state index in [1.807, 2.05) is 0 Å². The molecule has 0 bridgehead atoms. The van der Waals surface area contributed by atoms with Crippen LogP contribution in [0.4, 0.5) is 11.4 Å². The van der Waals surface area contributed by atoms with Gasteiger partial charge in [0.2, 0.25) is 5.91 Å². The molecule has 0 heterocycles. The van der Waals surface area contributed by atoms with E-state index in [0.29, 0.717) is 11.3 Å². The highest BCUT2D eigenvalue weighted by atomic mass is 35.5. The van der Waals surface area contributed by atoms with Gasteiger partial charge in [-0.05, 0) is 12.1 Å². The van der Waals surface area contributed by atoms with E-state index in [2.05, 4.69) is 5.32 Å². The molecule has 0 fully saturated rings. The monoisotopic (exact) mass is 320 g/mol. The largest absolute Gasteiger partial charge is 0.496 e. The molecule has 7 heteroatoms. The fourth-order valence-corrected chi connectivity index (χ4v) is 2.22. The van der Waals surface area contributed by atoms with Crippen LogP contribution in [0.3, 0.4) is 0 Å². The van der Waals surface area contributed by atoms with Gasteiger partial charge in [0.1, 0.15) is 10.8 Å². The second kappa shape index (κ2) is 6.91. The van der Waals surface area contributed by atoms with Crippen LogP contribution in [0.2, 0.25) is 5.02 Å². The van der Waals surface area contributed by atoms with E-state index in [1.165, 1.54) is 25.3 Å². The number of methoxy groups -OCH3 is 1. The Morgan fingerprint density at radius 1 is 1.27 bits per heavy atom. The molecule has 0 atom stereocenters. The third-order valence-corrected chi connectivity index (χ3v) is 3.39. The van der Waals surface area contributed by atoms with Crippen LogP contribution in [0.1, 0.15) is 5.56 Å². The predicted molar refractivity (Wildman–Crippen MR) is 83.4 cm³/mol. The van der Waals surface area contributed by atoms with Gasteiger partial charge in [-0.3, -0.25) is 14.9 Å². The van der Waals surface area contributed by atoms with Crippen molar-refractivity contribution in [2.24, 2.45) is 0 Å². The van der Waals surface area contributed by atoms with Gasteiger partial charge < -0.3 is 10.1 Å². The number of nitrogens with zero attached hydrogens (tertiary/aromatic N) is 1. The summed E-state index contributed by atoms with van der Waals surface area (Å²) in [4.78, 5) is 22.3. The number of nitro benzene ring substituents is 1. The summed E-state index contributed by atoms with van der Waals surface area (Å²) >= 11 is 5.93. The molecule has 22 heavy (non-hydrogen) atoms. The second-order valence-corrected chi connectivity index (χ2v) is 4.81. The maximum Gasteiger partial charge on any atom is 0.290 e. The van der Waals surface area contributed by atoms with E-state index in [0.717, 1.165) is 0 Å². The van der Waals surface area contributed by atoms with Gasteiger partial charge >= 0.3 is 0 Å². The molecular weight excluding hydrogens is 308 g/mol. The molecule has 6 nitrogen and oxygen atoms in total. The van der Waals surface area contributed by atoms with Crippen molar-refractivity contribution in [3.8, 4) is 5.75 Å². The lowest BCUT2D eigenvalue weighted by atomic mass is 10.1. The Hall–Kier alpha value is -2.60. The number of anilines is 1. The molecule has 2 rings (SSSR count). The number of nitro groups is 1. The van der Waals surface area contributed by atoms with Crippen LogP contribution in [-0.4, -0.2) is 17.9 Å². The topological polar surface area (TPSA) is 81.5 Å². The lowest BCUT2D eigenvalue weighted by Crippen LogP contribution is -2.15. The molecule has 0 saturated carbocycles. The summed E-state index contributed by atoms with van der Waals surface area (Å²) in [7, 11) is 1.52. The predicted octanol–water partition coefficient (Wildman–Crippen LogP) is 3.44. The van der Waals surface area contributed by atoms with Gasteiger partial charge in [-0.25, -0.2) is 0 Å². The fraction of sp³-hybridized carbons (Fsp3) is 0.133. The first kappa shape index (κ1) is 15.8. The van der Waals surface area contributed by atoms with E-state index in [1.54, 1.807) is 24.3 Å². The maximum atomic E-state index is 12.1. The fourth-order valence-electron chi connectivity index (χ4n) is 1.97. The lowest BCUT2D eigenvalue weighted by molar-refractivity contribution is -0.384. The van der Waals surface area contributed by atoms with Crippen molar-refractivity contribution in [3.05, 3.63) is 63.2 Å². The standard InChI is InChI=1S/C15H13ClN2O4/c1-22-13-8-3-2-5-10(13)9-14(19)17-11-6-4-7-12(15(11)16)18(20)21/h2-8H,9H2,1H3,(H,17,19). The Morgan fingerprint density at radius 2 is 2.00 bits per heavy atom. The quantitative estimate of drug-likeness (QED) is 0.676. The first-order valence-corrected chi connectivity index (χ1v) is 6.75. The number of carbonyl (C=O) groups is 1. The molecule has 1 N–H and O–H groups in total. The molecular formula is C15H13ClN2O4. The summed E-state index contributed by atoms with van der Waals surface area (Å²) in [5, 5.41) is 13.3. The van der Waals surface area contributed by atoms with Gasteiger partial charge in [-0.2, -0.15) is 0 Å². The Kier molecular flexibility index (Phi) is 4.95. The zero-order valence-corrected chi connectivity index (χ0v) is 12.5. The molecule has 0 unspecified atom stereocenters. The molecule has 1 amide bonds. The van der Waals surface area contributed by atoms with Crippen LogP contribution in [0.25, 0.3) is 0 Å². The molecule has 2 aromatic rings. The maximum absolute atomic E-state index is 12.1. The third-order valence-electron chi connectivity index (χ3n) is 2.99. The normalized spacial score (nSPS) is 10.1. The summed E-state index contributed by atoms with van der Waals surface area (Å²) in [5.41, 5.74) is 0.663. The number of ether oxygens (including phenoxy) is 1. The number of nitrogens with one attached hydrogen (secondary N) is 1. The summed E-state index contributed by atoms with van der Waals surface area (Å²) in [6.07, 6.45) is 0.0725. The minimum atomic E-state index is -0.599. The van der Waals surface area contributed by atoms with Crippen molar-refractivity contribution in [1.29, 1.82) is 0 Å². The molecule has 0 aliphatic heterocycles. The van der Waals surface area contributed by atoms with Gasteiger partial charge in [-0.15, -0.1) is 0 Å². The summed E-state index contributed by atoms with van der Waals surface area (Å²) in [6, 6.07) is 11.4. The van der Waals surface area contributed by atoms with Gasteiger partial charge in [0, 0.05) is 11.6 Å². The number of para-hydroxylation sites is 1. The van der Waals surface area contributed by atoms with Crippen LogP contribution < -0.4 is 10.1 Å². The van der Waals surface area contributed by atoms with Crippen molar-refractivity contribution >= 4 is 28.9 Å². The summed E-state index contributed by atoms with van der Waals surface area (Å²) < 4.78 is 5.18. The van der Waals surface area contributed by atoms with Gasteiger partial charge in [0.25, 0.3) is 5.69 Å². The van der Waals surface area contributed by atoms with Crippen molar-refractivity contribution in [3.63, 3.8) is 0 Å². The Bertz CT molecular complexity index is 718. The number of hydrogen-bond donors (Lipinski definition) is 1. The Labute approximate surface area is 131 Å². The highest BCUT2D eigenvalue weighted by Gasteiger charge is 2.17. The lowest BCUT2D eigenvalue weighted by Gasteiger charge is -2.10. The minimum Gasteiger partial charge on any atom is -0.496 e. The van der Waals surface area contributed by atoms with Gasteiger partial charge in [-0.1, -0.05) is 35.9 Å². The van der Waals surface area contributed by atoms with E-state index in [9.17, 15) is 14.9 Å². The second-order valence-electron chi connectivity index (χ2n) is 4.43. The summed E-state index contributed by atoms with van der Waals surface area (Å²) in [5.74, 6) is 0.259. The third kappa shape index (κ3) is 3.53. The molecule has 0 aliphatic rings. The number of amides is 1. The molecule has 2 aromatic carbocycles. The highest BCUT2D eigenvalue weighted by Crippen LogP contribution is 2.31. The molecule has 0 saturated heterocycles. The first-order valence-electron chi connectivity index (χ1n) is 6.37. The van der Waals surface area contributed by atoms with Gasteiger partial charge in [0.15, 0.2) is 0 Å². The molecule has 114 valence electrons. The SMILES string of the molecule is COc1ccccc1CC(=O)Nc1cccc([N+](=O)[O-])c1Cl. The van der Waals surface area contributed by atoms with Crippen molar-refractivity contribution < 1.29 is 14.5 Å². The van der Waals surface area contributed by atoms with Crippen LogP contribution in [0, 0.1) is 10.1 Å². The van der Waals surface area contributed by atoms with Crippen molar-refractivity contribution in [2.75, 3.05) is 12.4 Å². The van der Waals surface area contributed by atoms with Crippen molar-refractivity contribution in [1.82, 2.24) is 0 Å². The number of benzene rings is 2. The first-order chi connectivity index (χ1) is 10.5. The number of halogens is 1. The van der Waals surface area contributed by atoms with Gasteiger partial charge in [0.05, 0.1) is 24.1 Å². The van der Waals surface area contributed by atoms with Crippen LogP contribution in [0.15, 0.2) is 42.5 Å².